The van der Waals surface area contributed by atoms with Crippen molar-refractivity contribution >= 4 is 34.8 Å². The lowest BCUT2D eigenvalue weighted by molar-refractivity contribution is -0.203. The zero-order valence-electron chi connectivity index (χ0n) is 17.8. The van der Waals surface area contributed by atoms with Crippen LogP contribution in [0.25, 0.3) is 11.2 Å². The molecule has 0 radical (unpaired) electrons. The summed E-state index contributed by atoms with van der Waals surface area (Å²) in [6, 6.07) is 0. The van der Waals surface area contributed by atoms with Gasteiger partial charge in [-0.05, 0) is 13.8 Å². The summed E-state index contributed by atoms with van der Waals surface area (Å²) in [6.45, 7) is 6.32. The van der Waals surface area contributed by atoms with Crippen molar-refractivity contribution in [3.05, 3.63) is 10.4 Å². The lowest BCUT2D eigenvalue weighted by Crippen LogP contribution is -2.44. The summed E-state index contributed by atoms with van der Waals surface area (Å²) in [4.78, 5) is 35.2. The van der Waals surface area contributed by atoms with Crippen molar-refractivity contribution in [1.82, 2.24) is 24.4 Å². The zero-order valence-corrected chi connectivity index (χ0v) is 18.6. The number of ether oxygens (including phenoxy) is 1. The summed E-state index contributed by atoms with van der Waals surface area (Å²) >= 11 is 1.01. The van der Waals surface area contributed by atoms with Crippen molar-refractivity contribution in [2.75, 3.05) is 36.8 Å². The third-order valence-corrected chi connectivity index (χ3v) is 5.98. The van der Waals surface area contributed by atoms with Crippen LogP contribution in [0.5, 0.6) is 0 Å². The molecule has 9 nitrogen and oxygen atoms in total. The van der Waals surface area contributed by atoms with E-state index in [-0.39, 0.29) is 28.7 Å². The fourth-order valence-electron chi connectivity index (χ4n) is 3.15. The fourth-order valence-corrected chi connectivity index (χ4v) is 4.03. The molecule has 1 N–H and O–H groups in total. The lowest BCUT2D eigenvalue weighted by Gasteiger charge is -2.28. The quantitative estimate of drug-likeness (QED) is 0.290. The molecule has 3 rings (SSSR count). The van der Waals surface area contributed by atoms with E-state index in [1.54, 1.807) is 11.5 Å². The van der Waals surface area contributed by atoms with E-state index >= 15 is 0 Å². The first-order valence-corrected chi connectivity index (χ1v) is 10.8. The van der Waals surface area contributed by atoms with Crippen molar-refractivity contribution in [1.29, 1.82) is 0 Å². The Morgan fingerprint density at radius 2 is 2.00 bits per heavy atom. The minimum atomic E-state index is -5.06. The first-order valence-electron chi connectivity index (χ1n) is 9.86. The van der Waals surface area contributed by atoms with Crippen LogP contribution in [-0.2, 0) is 23.1 Å². The summed E-state index contributed by atoms with van der Waals surface area (Å²) in [5.41, 5.74) is 0.205. The van der Waals surface area contributed by atoms with Crippen LogP contribution >= 0.6 is 11.8 Å². The van der Waals surface area contributed by atoms with Crippen molar-refractivity contribution in [2.45, 2.75) is 37.8 Å². The van der Waals surface area contributed by atoms with Gasteiger partial charge in [0.2, 0.25) is 5.95 Å². The van der Waals surface area contributed by atoms with Gasteiger partial charge in [-0.25, -0.2) is 9.78 Å². The second-order valence-electron chi connectivity index (χ2n) is 7.12. The van der Waals surface area contributed by atoms with Crippen LogP contribution in [0.3, 0.4) is 0 Å². The van der Waals surface area contributed by atoms with Crippen molar-refractivity contribution in [3.8, 4) is 11.8 Å². The van der Waals surface area contributed by atoms with Crippen LogP contribution in [-0.4, -0.2) is 69.3 Å². The highest BCUT2D eigenvalue weighted by Crippen LogP contribution is 2.24. The molecule has 0 saturated carbocycles. The van der Waals surface area contributed by atoms with Crippen LogP contribution in [0, 0.1) is 11.8 Å². The predicted molar refractivity (Wildman–Crippen MR) is 114 cm³/mol. The summed E-state index contributed by atoms with van der Waals surface area (Å²) in [7, 11) is 1.52. The van der Waals surface area contributed by atoms with E-state index in [4.69, 9.17) is 0 Å². The molecule has 0 aliphatic carbocycles. The van der Waals surface area contributed by atoms with Gasteiger partial charge in [-0.3, -0.25) is 13.9 Å². The average molecular weight is 472 g/mol. The maximum Gasteiger partial charge on any atom is 0.490 e. The Morgan fingerprint density at radius 1 is 1.31 bits per heavy atom. The molecule has 0 aromatic carbocycles. The molecule has 3 heterocycles. The van der Waals surface area contributed by atoms with E-state index in [0.717, 1.165) is 24.9 Å². The third-order valence-electron chi connectivity index (χ3n) is 4.73. The minimum Gasteiger partial charge on any atom is -0.455 e. The van der Waals surface area contributed by atoms with Gasteiger partial charge in [-0.2, -0.15) is 18.2 Å². The Kier molecular flexibility index (Phi) is 7.35. The smallest absolute Gasteiger partial charge is 0.455 e. The monoisotopic (exact) mass is 472 g/mol. The van der Waals surface area contributed by atoms with Crippen LogP contribution in [0.4, 0.5) is 19.1 Å². The van der Waals surface area contributed by atoms with Crippen molar-refractivity contribution < 1.29 is 22.7 Å². The van der Waals surface area contributed by atoms with Crippen molar-refractivity contribution in [3.63, 3.8) is 0 Å². The van der Waals surface area contributed by atoms with Crippen molar-refractivity contribution in [2.24, 2.45) is 7.05 Å². The molecular formula is C19H23F3N6O3S. The maximum absolute atomic E-state index is 13.1. The maximum atomic E-state index is 13.1. The molecule has 13 heteroatoms. The topological polar surface area (TPSA) is 94.3 Å². The van der Waals surface area contributed by atoms with Gasteiger partial charge in [0.25, 0.3) is 5.56 Å². The number of imidazole rings is 1. The number of fused-ring (bicyclic) bond motifs is 1. The highest BCUT2D eigenvalue weighted by molar-refractivity contribution is 7.99. The first-order chi connectivity index (χ1) is 15.1. The summed E-state index contributed by atoms with van der Waals surface area (Å²) in [5, 5.41) is 3.52. The molecule has 1 saturated heterocycles. The molecule has 1 atom stereocenters. The van der Waals surface area contributed by atoms with Gasteiger partial charge in [-0.15, -0.1) is 5.92 Å². The van der Waals surface area contributed by atoms with E-state index in [1.807, 2.05) is 0 Å². The summed E-state index contributed by atoms with van der Waals surface area (Å²) in [5.74, 6) is 4.12. The summed E-state index contributed by atoms with van der Waals surface area (Å²) in [6.07, 6.45) is -6.09. The number of carbonyl (C=O) groups is 1. The van der Waals surface area contributed by atoms with E-state index in [0.29, 0.717) is 24.6 Å². The van der Waals surface area contributed by atoms with E-state index in [2.05, 4.69) is 36.8 Å². The standard InChI is InChI=1S/C19H23F3N6O3S/c1-4-5-8-28-13-14(24-17(28)27-9-6-23-7-10-27)25-18(26(3)15(13)29)32-11-12(2)31-16(30)19(20,21)22/h12,23H,6-11H2,1-3H3. The molecule has 1 unspecified atom stereocenters. The molecule has 1 fully saturated rings. The molecule has 2 aromatic heterocycles. The fraction of sp³-hybridized carbons (Fsp3) is 0.579. The number of hydrogen-bond acceptors (Lipinski definition) is 8. The van der Waals surface area contributed by atoms with Gasteiger partial charge < -0.3 is 15.0 Å². The molecule has 32 heavy (non-hydrogen) atoms. The molecule has 1 aliphatic heterocycles. The Balaban J connectivity index is 1.91. The molecule has 0 amide bonds. The number of anilines is 1. The number of nitrogens with zero attached hydrogens (tertiary/aromatic N) is 5. The predicted octanol–water partition coefficient (Wildman–Crippen LogP) is 1.15. The highest BCUT2D eigenvalue weighted by Gasteiger charge is 2.41. The Hall–Kier alpha value is -2.72. The third kappa shape index (κ3) is 5.18. The minimum absolute atomic E-state index is 0.0136. The second kappa shape index (κ2) is 9.83. The number of rotatable bonds is 6. The van der Waals surface area contributed by atoms with Gasteiger partial charge in [-0.1, -0.05) is 17.7 Å². The number of piperazine rings is 1. The molecule has 1 aliphatic rings. The molecule has 174 valence electrons. The van der Waals surface area contributed by atoms with Crippen LogP contribution in [0.2, 0.25) is 0 Å². The molecular weight excluding hydrogens is 449 g/mol. The van der Waals surface area contributed by atoms with Gasteiger partial charge in [0.05, 0.1) is 6.54 Å². The number of halogens is 3. The highest BCUT2D eigenvalue weighted by atomic mass is 32.2. The molecule has 2 aromatic rings. The largest absolute Gasteiger partial charge is 0.490 e. The average Bonchev–Trinajstić information content (AvgIpc) is 3.12. The number of nitrogens with one attached hydrogen (secondary N) is 1. The van der Waals surface area contributed by atoms with Crippen LogP contribution in [0.1, 0.15) is 13.8 Å². The summed E-state index contributed by atoms with van der Waals surface area (Å²) < 4.78 is 44.6. The van der Waals surface area contributed by atoms with E-state index < -0.39 is 18.2 Å². The normalized spacial score (nSPS) is 15.4. The number of alkyl halides is 3. The Bertz CT molecular complexity index is 1110. The van der Waals surface area contributed by atoms with Gasteiger partial charge in [0, 0.05) is 39.0 Å². The van der Waals surface area contributed by atoms with Gasteiger partial charge in [0.15, 0.2) is 16.3 Å². The number of aromatic nitrogens is 4. The molecule has 0 bridgehead atoms. The number of esters is 1. The molecule has 0 spiro atoms. The number of hydrogen-bond donors (Lipinski definition) is 1. The lowest BCUT2D eigenvalue weighted by atomic mass is 10.4. The van der Waals surface area contributed by atoms with Gasteiger partial charge in [0.1, 0.15) is 6.10 Å². The first kappa shape index (κ1) is 23.9. The number of thioether (sulfide) groups is 1. The Labute approximate surface area is 186 Å². The second-order valence-corrected chi connectivity index (χ2v) is 8.10. The van der Waals surface area contributed by atoms with Gasteiger partial charge >= 0.3 is 12.1 Å². The van der Waals surface area contributed by atoms with Crippen LogP contribution in [0.15, 0.2) is 9.95 Å². The zero-order chi connectivity index (χ0) is 23.5. The van der Waals surface area contributed by atoms with Crippen LogP contribution < -0.4 is 15.8 Å². The Morgan fingerprint density at radius 3 is 2.62 bits per heavy atom. The number of carbonyl (C=O) groups excluding carboxylic acids is 1. The van der Waals surface area contributed by atoms with E-state index in [1.165, 1.54) is 18.5 Å². The van der Waals surface area contributed by atoms with E-state index in [9.17, 15) is 22.8 Å². The SMILES string of the molecule is CC#CCn1c(N2CCNCC2)nc2nc(SCC(C)OC(=O)C(F)(F)F)n(C)c(=O)c21.